The molecule has 0 heterocycles. The van der Waals surface area contributed by atoms with Crippen LogP contribution in [-0.4, -0.2) is 13.9 Å². The van der Waals surface area contributed by atoms with Gasteiger partial charge in [-0.15, -0.1) is 0 Å². The molecule has 1 rings (SSSR count). The first kappa shape index (κ1) is 15.6. The van der Waals surface area contributed by atoms with Gasteiger partial charge in [-0.1, -0.05) is 0 Å². The molecule has 0 amide bonds. The summed E-state index contributed by atoms with van der Waals surface area (Å²) in [4.78, 5) is -1.34. The molecule has 10 heteroatoms. The average molecular weight is 381 g/mol. The standard InChI is InChI=1S/C8H2BrClF3NO2S2/c9-5-2-7(18(10,15)16)6(1-4(5)3-14)17-8(11,12)13/h1-2H. The highest BCUT2D eigenvalue weighted by atomic mass is 79.9. The van der Waals surface area contributed by atoms with E-state index in [0.717, 1.165) is 12.1 Å². The van der Waals surface area contributed by atoms with Crippen LogP contribution in [0.4, 0.5) is 13.2 Å². The summed E-state index contributed by atoms with van der Waals surface area (Å²) in [5.41, 5.74) is -4.80. The van der Waals surface area contributed by atoms with E-state index >= 15 is 0 Å². The smallest absolute Gasteiger partial charge is 0.207 e. The van der Waals surface area contributed by atoms with Crippen molar-refractivity contribution in [3.8, 4) is 6.07 Å². The first-order valence-corrected chi connectivity index (χ1v) is 7.90. The highest BCUT2D eigenvalue weighted by Crippen LogP contribution is 2.42. The fourth-order valence-corrected chi connectivity index (χ4v) is 3.72. The Bertz CT molecular complexity index is 624. The van der Waals surface area contributed by atoms with Crippen LogP contribution >= 0.6 is 38.4 Å². The van der Waals surface area contributed by atoms with Crippen molar-refractivity contribution in [3.05, 3.63) is 22.2 Å². The summed E-state index contributed by atoms with van der Waals surface area (Å²) in [6.45, 7) is 0. The first-order valence-electron chi connectivity index (χ1n) is 3.98. The lowest BCUT2D eigenvalue weighted by Gasteiger charge is -2.10. The molecule has 1 aromatic carbocycles. The molecule has 98 valence electrons. The molecular formula is C8H2BrClF3NO2S2. The number of hydrogen-bond donors (Lipinski definition) is 0. The topological polar surface area (TPSA) is 57.9 Å². The van der Waals surface area contributed by atoms with E-state index in [1.54, 1.807) is 6.07 Å². The molecule has 0 aromatic heterocycles. The third-order valence-electron chi connectivity index (χ3n) is 1.64. The third kappa shape index (κ3) is 4.05. The number of rotatable bonds is 2. The summed E-state index contributed by atoms with van der Waals surface area (Å²) >= 11 is 2.23. The molecule has 0 bridgehead atoms. The SMILES string of the molecule is N#Cc1cc(SC(F)(F)F)c(S(=O)(=O)Cl)cc1Br. The van der Waals surface area contributed by atoms with Gasteiger partial charge in [0.05, 0.1) is 10.5 Å². The Balaban J connectivity index is 3.52. The highest BCUT2D eigenvalue weighted by Gasteiger charge is 2.33. The minimum atomic E-state index is -4.68. The van der Waals surface area contributed by atoms with Crippen molar-refractivity contribution in [2.75, 3.05) is 0 Å². The maximum atomic E-state index is 12.3. The molecule has 0 saturated heterocycles. The Kier molecular flexibility index (Phi) is 4.59. The van der Waals surface area contributed by atoms with E-state index in [-0.39, 0.29) is 10.0 Å². The highest BCUT2D eigenvalue weighted by molar-refractivity contribution is 9.10. The average Bonchev–Trinajstić information content (AvgIpc) is 2.16. The Morgan fingerprint density at radius 1 is 1.39 bits per heavy atom. The van der Waals surface area contributed by atoms with Crippen molar-refractivity contribution >= 4 is 47.4 Å². The van der Waals surface area contributed by atoms with Crippen LogP contribution in [0.5, 0.6) is 0 Å². The van der Waals surface area contributed by atoms with Crippen molar-refractivity contribution in [3.63, 3.8) is 0 Å². The van der Waals surface area contributed by atoms with Crippen LogP contribution in [0.3, 0.4) is 0 Å². The maximum absolute atomic E-state index is 12.3. The fraction of sp³-hybridized carbons (Fsp3) is 0.125. The zero-order valence-electron chi connectivity index (χ0n) is 8.12. The van der Waals surface area contributed by atoms with Gasteiger partial charge in [-0.25, -0.2) is 8.42 Å². The van der Waals surface area contributed by atoms with Gasteiger partial charge in [0.2, 0.25) is 0 Å². The molecule has 0 saturated carbocycles. The van der Waals surface area contributed by atoms with E-state index in [1.807, 2.05) is 0 Å². The van der Waals surface area contributed by atoms with Crippen molar-refractivity contribution in [2.45, 2.75) is 15.3 Å². The Hall–Kier alpha value is -0.430. The molecule has 0 atom stereocenters. The number of alkyl halides is 3. The van der Waals surface area contributed by atoms with E-state index in [4.69, 9.17) is 15.9 Å². The van der Waals surface area contributed by atoms with E-state index in [0.29, 0.717) is 0 Å². The second-order valence-electron chi connectivity index (χ2n) is 2.88. The molecule has 0 unspecified atom stereocenters. The summed E-state index contributed by atoms with van der Waals surface area (Å²) in [7, 11) is 0.707. The second-order valence-corrected chi connectivity index (χ2v) is 7.37. The zero-order chi connectivity index (χ0) is 14.1. The van der Waals surface area contributed by atoms with Gasteiger partial charge < -0.3 is 0 Å². The molecule has 0 N–H and O–H groups in total. The lowest BCUT2D eigenvalue weighted by atomic mass is 10.2. The van der Waals surface area contributed by atoms with Crippen LogP contribution < -0.4 is 0 Å². The van der Waals surface area contributed by atoms with Crippen LogP contribution in [0, 0.1) is 11.3 Å². The van der Waals surface area contributed by atoms with Crippen molar-refractivity contribution in [1.29, 1.82) is 5.26 Å². The fourth-order valence-electron chi connectivity index (χ4n) is 1.02. The predicted octanol–water partition coefficient (Wildman–Crippen LogP) is 3.86. The van der Waals surface area contributed by atoms with Gasteiger partial charge in [0.15, 0.2) is 0 Å². The second kappa shape index (κ2) is 5.28. The Morgan fingerprint density at radius 3 is 2.33 bits per heavy atom. The van der Waals surface area contributed by atoms with Gasteiger partial charge in [0.1, 0.15) is 6.07 Å². The minimum absolute atomic E-state index is 0.0516. The Labute approximate surface area is 117 Å². The van der Waals surface area contributed by atoms with Crippen LogP contribution in [0.1, 0.15) is 5.56 Å². The summed E-state index contributed by atoms with van der Waals surface area (Å²) in [6.07, 6.45) is 0. The van der Waals surface area contributed by atoms with Gasteiger partial charge in [-0.05, 0) is 39.8 Å². The van der Waals surface area contributed by atoms with Gasteiger partial charge in [0.25, 0.3) is 9.05 Å². The molecule has 0 aliphatic heterocycles. The molecule has 0 spiro atoms. The minimum Gasteiger partial charge on any atom is -0.207 e. The molecular weight excluding hydrogens is 379 g/mol. The van der Waals surface area contributed by atoms with Gasteiger partial charge >= 0.3 is 5.51 Å². The molecule has 18 heavy (non-hydrogen) atoms. The van der Waals surface area contributed by atoms with Gasteiger partial charge in [-0.2, -0.15) is 18.4 Å². The number of benzene rings is 1. The van der Waals surface area contributed by atoms with E-state index < -0.39 is 36.1 Å². The first-order chi connectivity index (χ1) is 8.04. The molecule has 0 fully saturated rings. The molecule has 0 aliphatic carbocycles. The number of nitriles is 1. The maximum Gasteiger partial charge on any atom is 0.446 e. The van der Waals surface area contributed by atoms with E-state index in [2.05, 4.69) is 15.9 Å². The summed E-state index contributed by atoms with van der Waals surface area (Å²) in [6, 6.07) is 3.32. The number of hydrogen-bond acceptors (Lipinski definition) is 4. The zero-order valence-corrected chi connectivity index (χ0v) is 12.1. The van der Waals surface area contributed by atoms with Gasteiger partial charge in [0, 0.05) is 20.1 Å². The number of halogens is 5. The van der Waals surface area contributed by atoms with Crippen molar-refractivity contribution in [2.24, 2.45) is 0 Å². The molecule has 1 aromatic rings. The van der Waals surface area contributed by atoms with Gasteiger partial charge in [-0.3, -0.25) is 0 Å². The largest absolute Gasteiger partial charge is 0.446 e. The lowest BCUT2D eigenvalue weighted by Crippen LogP contribution is -2.03. The van der Waals surface area contributed by atoms with Crippen molar-refractivity contribution in [1.82, 2.24) is 0 Å². The summed E-state index contributed by atoms with van der Waals surface area (Å²) < 4.78 is 59.2. The summed E-state index contributed by atoms with van der Waals surface area (Å²) in [5, 5.41) is 8.68. The van der Waals surface area contributed by atoms with Crippen LogP contribution in [0.2, 0.25) is 0 Å². The van der Waals surface area contributed by atoms with Crippen molar-refractivity contribution < 1.29 is 21.6 Å². The predicted molar refractivity (Wildman–Crippen MR) is 63.8 cm³/mol. The van der Waals surface area contributed by atoms with E-state index in [1.165, 1.54) is 0 Å². The molecule has 3 nitrogen and oxygen atoms in total. The number of nitrogens with zero attached hydrogens (tertiary/aromatic N) is 1. The molecule has 0 radical (unpaired) electrons. The quantitative estimate of drug-likeness (QED) is 0.577. The normalized spacial score (nSPS) is 12.2. The number of thioether (sulfide) groups is 1. The lowest BCUT2D eigenvalue weighted by molar-refractivity contribution is -0.0328. The van der Waals surface area contributed by atoms with Crippen LogP contribution in [-0.2, 0) is 9.05 Å². The summed E-state index contributed by atoms with van der Waals surface area (Å²) in [5.74, 6) is 0. The molecule has 0 aliphatic rings. The van der Waals surface area contributed by atoms with Crippen LogP contribution in [0.25, 0.3) is 0 Å². The van der Waals surface area contributed by atoms with Crippen LogP contribution in [0.15, 0.2) is 26.4 Å². The monoisotopic (exact) mass is 379 g/mol. The third-order valence-corrected chi connectivity index (χ3v) is 4.58. The Morgan fingerprint density at radius 2 is 1.94 bits per heavy atom. The van der Waals surface area contributed by atoms with E-state index in [9.17, 15) is 21.6 Å².